The van der Waals surface area contributed by atoms with Crippen LogP contribution in [0.2, 0.25) is 0 Å². The average molecular weight is 355 g/mol. The van der Waals surface area contributed by atoms with Gasteiger partial charge in [0, 0.05) is 6.20 Å². The molecule has 0 atom stereocenters. The monoisotopic (exact) mass is 355 g/mol. The second kappa shape index (κ2) is 6.57. The summed E-state index contributed by atoms with van der Waals surface area (Å²) < 4.78 is 32.2. The van der Waals surface area contributed by atoms with Gasteiger partial charge in [-0.25, -0.2) is 17.2 Å². The highest BCUT2D eigenvalue weighted by atomic mass is 32.2. The molecule has 0 aliphatic heterocycles. The summed E-state index contributed by atoms with van der Waals surface area (Å²) in [5, 5.41) is 0. The van der Waals surface area contributed by atoms with Crippen LogP contribution < -0.4 is 0 Å². The van der Waals surface area contributed by atoms with Crippen LogP contribution >= 0.6 is 0 Å². The summed E-state index contributed by atoms with van der Waals surface area (Å²) in [5.74, 6) is -0.573. The first-order valence-electron chi connectivity index (χ1n) is 7.63. The molecule has 3 aromatic rings. The highest BCUT2D eigenvalue weighted by Crippen LogP contribution is 2.31. The summed E-state index contributed by atoms with van der Waals surface area (Å²) in [4.78, 5) is 12.2. The molecule has 6 heteroatoms. The molecule has 0 N–H and O–H groups in total. The Balaban J connectivity index is 2.31. The van der Waals surface area contributed by atoms with Gasteiger partial charge in [-0.3, -0.25) is 0 Å². The SMILES string of the molecule is COC(=O)c1cn(S(=O)(=O)c2ccccc2)c(-c2ccccc2)c1C. The minimum Gasteiger partial charge on any atom is -0.465 e. The molecule has 3 rings (SSSR count). The number of benzene rings is 2. The molecule has 0 saturated carbocycles. The maximum absolute atomic E-state index is 13.1. The maximum atomic E-state index is 13.1. The van der Waals surface area contributed by atoms with Crippen molar-refractivity contribution in [2.45, 2.75) is 11.8 Å². The van der Waals surface area contributed by atoms with Crippen molar-refractivity contribution in [3.05, 3.63) is 78.0 Å². The number of ether oxygens (including phenoxy) is 1. The average Bonchev–Trinajstić information content (AvgIpc) is 3.00. The minimum atomic E-state index is -3.85. The number of hydrogen-bond donors (Lipinski definition) is 0. The number of carbonyl (C=O) groups excluding carboxylic acids is 1. The van der Waals surface area contributed by atoms with Crippen LogP contribution in [0, 0.1) is 6.92 Å². The minimum absolute atomic E-state index is 0.151. The molecule has 0 fully saturated rings. The van der Waals surface area contributed by atoms with Crippen LogP contribution in [0.25, 0.3) is 11.3 Å². The van der Waals surface area contributed by atoms with E-state index in [2.05, 4.69) is 0 Å². The van der Waals surface area contributed by atoms with E-state index in [1.807, 2.05) is 18.2 Å². The van der Waals surface area contributed by atoms with Crippen LogP contribution in [-0.2, 0) is 14.8 Å². The van der Waals surface area contributed by atoms with E-state index in [4.69, 9.17) is 4.74 Å². The fraction of sp³-hybridized carbons (Fsp3) is 0.105. The second-order valence-corrected chi connectivity index (χ2v) is 7.30. The van der Waals surface area contributed by atoms with Crippen molar-refractivity contribution in [2.24, 2.45) is 0 Å². The van der Waals surface area contributed by atoms with Crippen molar-refractivity contribution in [3.63, 3.8) is 0 Å². The predicted molar refractivity (Wildman–Crippen MR) is 95.0 cm³/mol. The smallest absolute Gasteiger partial charge is 0.339 e. The number of nitrogens with zero attached hydrogens (tertiary/aromatic N) is 1. The molecule has 25 heavy (non-hydrogen) atoms. The third-order valence-corrected chi connectivity index (χ3v) is 5.65. The van der Waals surface area contributed by atoms with Crippen molar-refractivity contribution >= 4 is 16.0 Å². The zero-order valence-electron chi connectivity index (χ0n) is 13.8. The predicted octanol–water partition coefficient (Wildman–Crippen LogP) is 3.49. The Morgan fingerprint density at radius 1 is 0.960 bits per heavy atom. The second-order valence-electron chi connectivity index (χ2n) is 5.49. The van der Waals surface area contributed by atoms with E-state index in [0.717, 1.165) is 3.97 Å². The Labute approximate surface area is 146 Å². The van der Waals surface area contributed by atoms with Gasteiger partial charge in [-0.05, 0) is 30.2 Å². The summed E-state index contributed by atoms with van der Waals surface area (Å²) in [6.45, 7) is 1.71. The molecule has 128 valence electrons. The standard InChI is InChI=1S/C19H17NO4S/c1-14-17(19(21)24-2)13-20(18(14)15-9-5-3-6-10-15)25(22,23)16-11-7-4-8-12-16/h3-13H,1-2H3. The topological polar surface area (TPSA) is 65.4 Å². The van der Waals surface area contributed by atoms with Crippen molar-refractivity contribution in [1.82, 2.24) is 3.97 Å². The first-order chi connectivity index (χ1) is 12.0. The fourth-order valence-corrected chi connectivity index (χ4v) is 4.18. The lowest BCUT2D eigenvalue weighted by molar-refractivity contribution is 0.0600. The van der Waals surface area contributed by atoms with E-state index in [1.54, 1.807) is 37.3 Å². The molecule has 5 nitrogen and oxygen atoms in total. The highest BCUT2D eigenvalue weighted by molar-refractivity contribution is 7.90. The van der Waals surface area contributed by atoms with Crippen LogP contribution in [-0.4, -0.2) is 25.5 Å². The van der Waals surface area contributed by atoms with Crippen LogP contribution in [0.5, 0.6) is 0 Å². The first-order valence-corrected chi connectivity index (χ1v) is 9.07. The summed E-state index contributed by atoms with van der Waals surface area (Å²) >= 11 is 0. The van der Waals surface area contributed by atoms with Gasteiger partial charge in [-0.1, -0.05) is 48.5 Å². The van der Waals surface area contributed by atoms with Crippen LogP contribution in [0.15, 0.2) is 71.8 Å². The van der Waals surface area contributed by atoms with Gasteiger partial charge in [-0.15, -0.1) is 0 Å². The fourth-order valence-electron chi connectivity index (χ4n) is 2.72. The van der Waals surface area contributed by atoms with Crippen molar-refractivity contribution in [1.29, 1.82) is 0 Å². The summed E-state index contributed by atoms with van der Waals surface area (Å²) in [6.07, 6.45) is 1.33. The number of methoxy groups -OCH3 is 1. The lowest BCUT2D eigenvalue weighted by atomic mass is 10.1. The molecule has 0 aliphatic carbocycles. The number of carbonyl (C=O) groups is 1. The Morgan fingerprint density at radius 2 is 1.52 bits per heavy atom. The lowest BCUT2D eigenvalue weighted by Crippen LogP contribution is -2.13. The van der Waals surface area contributed by atoms with E-state index in [-0.39, 0.29) is 10.5 Å². The number of esters is 1. The maximum Gasteiger partial charge on any atom is 0.339 e. The normalized spacial score (nSPS) is 11.3. The Bertz CT molecular complexity index is 1010. The van der Waals surface area contributed by atoms with Gasteiger partial charge < -0.3 is 4.74 Å². The van der Waals surface area contributed by atoms with Crippen LogP contribution in [0.4, 0.5) is 0 Å². The van der Waals surface area contributed by atoms with E-state index < -0.39 is 16.0 Å². The van der Waals surface area contributed by atoms with Crippen LogP contribution in [0.1, 0.15) is 15.9 Å². The third kappa shape index (κ3) is 2.96. The van der Waals surface area contributed by atoms with Gasteiger partial charge in [0.1, 0.15) is 0 Å². The van der Waals surface area contributed by atoms with E-state index >= 15 is 0 Å². The van der Waals surface area contributed by atoms with Gasteiger partial charge >= 0.3 is 5.97 Å². The van der Waals surface area contributed by atoms with Gasteiger partial charge in [0.25, 0.3) is 10.0 Å². The summed E-state index contributed by atoms with van der Waals surface area (Å²) in [6, 6.07) is 17.2. The first kappa shape index (κ1) is 17.0. The molecule has 1 heterocycles. The van der Waals surface area contributed by atoms with Gasteiger partial charge in [-0.2, -0.15) is 0 Å². The molecule has 0 saturated heterocycles. The molecule has 1 aromatic heterocycles. The quantitative estimate of drug-likeness (QED) is 0.672. The van der Waals surface area contributed by atoms with Gasteiger partial charge in [0.2, 0.25) is 0 Å². The Morgan fingerprint density at radius 3 is 2.08 bits per heavy atom. The van der Waals surface area contributed by atoms with Crippen molar-refractivity contribution in [2.75, 3.05) is 7.11 Å². The molecule has 0 bridgehead atoms. The van der Waals surface area contributed by atoms with Crippen molar-refractivity contribution < 1.29 is 17.9 Å². The van der Waals surface area contributed by atoms with Crippen molar-refractivity contribution in [3.8, 4) is 11.3 Å². The molecular formula is C19H17NO4S. The zero-order chi connectivity index (χ0) is 18.0. The molecular weight excluding hydrogens is 338 g/mol. The molecule has 0 aliphatic rings. The van der Waals surface area contributed by atoms with Gasteiger partial charge in [0.05, 0.1) is 23.3 Å². The Kier molecular flexibility index (Phi) is 4.46. The zero-order valence-corrected chi connectivity index (χ0v) is 14.7. The third-order valence-electron chi connectivity index (χ3n) is 3.98. The van der Waals surface area contributed by atoms with E-state index in [1.165, 1.54) is 25.4 Å². The number of aromatic nitrogens is 1. The largest absolute Gasteiger partial charge is 0.465 e. The lowest BCUT2D eigenvalue weighted by Gasteiger charge is -2.11. The molecule has 0 spiro atoms. The number of rotatable bonds is 4. The molecule has 2 aromatic carbocycles. The van der Waals surface area contributed by atoms with E-state index in [0.29, 0.717) is 16.8 Å². The molecule has 0 amide bonds. The van der Waals surface area contributed by atoms with Gasteiger partial charge in [0.15, 0.2) is 0 Å². The van der Waals surface area contributed by atoms with E-state index in [9.17, 15) is 13.2 Å². The summed E-state index contributed by atoms with van der Waals surface area (Å²) in [5.41, 5.74) is 1.93. The Hall–Kier alpha value is -2.86. The molecule has 0 radical (unpaired) electrons. The molecule has 0 unspecified atom stereocenters. The number of hydrogen-bond acceptors (Lipinski definition) is 4. The highest BCUT2D eigenvalue weighted by Gasteiger charge is 2.27. The van der Waals surface area contributed by atoms with Crippen LogP contribution in [0.3, 0.4) is 0 Å². The summed E-state index contributed by atoms with van der Waals surface area (Å²) in [7, 11) is -2.58.